The quantitative estimate of drug-likeness (QED) is 0.489. The maximum atomic E-state index is 12.8. The molecule has 150 valence electrons. The van der Waals surface area contributed by atoms with Crippen molar-refractivity contribution < 1.29 is 18.0 Å². The molecule has 0 unspecified atom stereocenters. The van der Waals surface area contributed by atoms with Crippen molar-refractivity contribution in [2.75, 3.05) is 5.32 Å². The summed E-state index contributed by atoms with van der Waals surface area (Å²) in [6.07, 6.45) is -4.39. The normalized spacial score (nSPS) is 11.4. The highest BCUT2D eigenvalue weighted by atomic mass is 19.4. The molecule has 4 rings (SSSR count). The number of hydrogen-bond acceptors (Lipinski definition) is 4. The van der Waals surface area contributed by atoms with Crippen molar-refractivity contribution in [1.29, 1.82) is 0 Å². The summed E-state index contributed by atoms with van der Waals surface area (Å²) in [6.45, 7) is 0. The first-order valence-electron chi connectivity index (χ1n) is 8.93. The van der Waals surface area contributed by atoms with Gasteiger partial charge in [-0.3, -0.25) is 4.79 Å². The summed E-state index contributed by atoms with van der Waals surface area (Å²) in [5, 5.41) is 13.1. The fraction of sp³-hybridized carbons (Fsp3) is 0.0455. The second kappa shape index (κ2) is 7.47. The van der Waals surface area contributed by atoms with Crippen LogP contribution in [0.3, 0.4) is 0 Å². The first kappa shape index (κ1) is 19.4. The molecule has 0 radical (unpaired) electrons. The summed E-state index contributed by atoms with van der Waals surface area (Å²) in [6, 6.07) is 18.8. The number of carbonyl (C=O) groups is 1. The number of anilines is 2. The molecule has 5 nitrogen and oxygen atoms in total. The van der Waals surface area contributed by atoms with E-state index in [-0.39, 0.29) is 0 Å². The molecule has 0 fully saturated rings. The number of hydrogen-bond donors (Lipinski definition) is 2. The van der Waals surface area contributed by atoms with Crippen LogP contribution in [0.5, 0.6) is 0 Å². The summed E-state index contributed by atoms with van der Waals surface area (Å²) in [5.41, 5.74) is 6.77. The van der Waals surface area contributed by atoms with E-state index in [1.54, 1.807) is 24.3 Å². The number of primary amides is 1. The van der Waals surface area contributed by atoms with Crippen LogP contribution < -0.4 is 11.1 Å². The van der Waals surface area contributed by atoms with Crippen molar-refractivity contribution in [2.24, 2.45) is 5.73 Å². The maximum Gasteiger partial charge on any atom is 0.416 e. The molecule has 4 aromatic rings. The number of fused-ring (bicyclic) bond motifs is 1. The molecule has 0 spiro atoms. The Hall–Kier alpha value is -3.94. The topological polar surface area (TPSA) is 80.9 Å². The standard InChI is InChI=1S/C22H15F3N4O/c23-22(24,25)15-9-11-16(12-10-15)27-21-18-4-2-1-3-17(18)19(28-29-21)13-5-7-14(8-6-13)20(26)30/h1-12H,(H2,26,30)(H,27,29). The van der Waals surface area contributed by atoms with Gasteiger partial charge in [0.25, 0.3) is 0 Å². The van der Waals surface area contributed by atoms with Crippen molar-refractivity contribution in [3.05, 3.63) is 83.9 Å². The Kier molecular flexibility index (Phi) is 4.83. The Morgan fingerprint density at radius 3 is 2.07 bits per heavy atom. The van der Waals surface area contributed by atoms with Gasteiger partial charge in [-0.15, -0.1) is 10.2 Å². The number of aromatic nitrogens is 2. The molecule has 0 saturated carbocycles. The van der Waals surface area contributed by atoms with Crippen molar-refractivity contribution >= 4 is 28.2 Å². The van der Waals surface area contributed by atoms with Gasteiger partial charge in [0, 0.05) is 27.6 Å². The van der Waals surface area contributed by atoms with Crippen LogP contribution in [0.25, 0.3) is 22.0 Å². The average molecular weight is 408 g/mol. The monoisotopic (exact) mass is 408 g/mol. The molecule has 30 heavy (non-hydrogen) atoms. The fourth-order valence-corrected chi connectivity index (χ4v) is 3.08. The third kappa shape index (κ3) is 3.80. The lowest BCUT2D eigenvalue weighted by molar-refractivity contribution is -0.137. The van der Waals surface area contributed by atoms with Gasteiger partial charge in [-0.05, 0) is 36.4 Å². The molecule has 0 bridgehead atoms. The zero-order valence-corrected chi connectivity index (χ0v) is 15.4. The average Bonchev–Trinajstić information content (AvgIpc) is 2.74. The summed E-state index contributed by atoms with van der Waals surface area (Å²) >= 11 is 0. The molecule has 1 heterocycles. The summed E-state index contributed by atoms with van der Waals surface area (Å²) in [7, 11) is 0. The first-order valence-corrected chi connectivity index (χ1v) is 8.93. The summed E-state index contributed by atoms with van der Waals surface area (Å²) in [5.74, 6) is -0.101. The smallest absolute Gasteiger partial charge is 0.366 e. The predicted molar refractivity (Wildman–Crippen MR) is 108 cm³/mol. The van der Waals surface area contributed by atoms with Gasteiger partial charge in [0.1, 0.15) is 5.69 Å². The molecule has 0 atom stereocenters. The number of amides is 1. The van der Waals surface area contributed by atoms with Gasteiger partial charge < -0.3 is 11.1 Å². The lowest BCUT2D eigenvalue weighted by Crippen LogP contribution is -2.10. The van der Waals surface area contributed by atoms with E-state index in [1.807, 2.05) is 24.3 Å². The highest BCUT2D eigenvalue weighted by Gasteiger charge is 2.30. The first-order chi connectivity index (χ1) is 14.3. The van der Waals surface area contributed by atoms with Gasteiger partial charge in [0.2, 0.25) is 5.91 Å². The second-order valence-corrected chi connectivity index (χ2v) is 6.58. The molecular formula is C22H15F3N4O. The lowest BCUT2D eigenvalue weighted by atomic mass is 10.0. The minimum absolute atomic E-state index is 0.386. The molecule has 0 aliphatic rings. The Balaban J connectivity index is 1.71. The molecule has 1 amide bonds. The van der Waals surface area contributed by atoms with Crippen LogP contribution in [0.1, 0.15) is 15.9 Å². The van der Waals surface area contributed by atoms with E-state index < -0.39 is 17.6 Å². The zero-order chi connectivity index (χ0) is 21.3. The van der Waals surface area contributed by atoms with Crippen molar-refractivity contribution in [3.63, 3.8) is 0 Å². The Morgan fingerprint density at radius 1 is 0.833 bits per heavy atom. The third-order valence-electron chi connectivity index (χ3n) is 4.61. The highest BCUT2D eigenvalue weighted by Crippen LogP contribution is 2.33. The van der Waals surface area contributed by atoms with Crippen molar-refractivity contribution in [2.45, 2.75) is 6.18 Å². The predicted octanol–water partition coefficient (Wildman–Crippen LogP) is 5.16. The molecule has 3 N–H and O–H groups in total. The number of halogens is 3. The van der Waals surface area contributed by atoms with Gasteiger partial charge >= 0.3 is 6.18 Å². The minimum Gasteiger partial charge on any atom is -0.366 e. The van der Waals surface area contributed by atoms with Gasteiger partial charge in [-0.25, -0.2) is 0 Å². The number of carbonyl (C=O) groups excluding carboxylic acids is 1. The zero-order valence-electron chi connectivity index (χ0n) is 15.4. The van der Waals surface area contributed by atoms with Crippen LogP contribution in [-0.2, 0) is 6.18 Å². The Bertz CT molecular complexity index is 1220. The van der Waals surface area contributed by atoms with E-state index in [0.717, 1.165) is 28.5 Å². The Labute approximate surface area is 169 Å². The van der Waals surface area contributed by atoms with Gasteiger partial charge in [0.15, 0.2) is 5.82 Å². The summed E-state index contributed by atoms with van der Waals surface area (Å²) in [4.78, 5) is 11.3. The van der Waals surface area contributed by atoms with E-state index in [4.69, 9.17) is 5.73 Å². The van der Waals surface area contributed by atoms with Gasteiger partial charge in [-0.2, -0.15) is 13.2 Å². The number of nitrogens with two attached hydrogens (primary N) is 1. The highest BCUT2D eigenvalue weighted by molar-refractivity contribution is 6.01. The van der Waals surface area contributed by atoms with Crippen molar-refractivity contribution in [1.82, 2.24) is 10.2 Å². The van der Waals surface area contributed by atoms with Crippen LogP contribution in [0.15, 0.2) is 72.8 Å². The molecule has 0 aliphatic carbocycles. The number of alkyl halides is 3. The fourth-order valence-electron chi connectivity index (χ4n) is 3.08. The number of rotatable bonds is 4. The van der Waals surface area contributed by atoms with E-state index in [2.05, 4.69) is 15.5 Å². The molecule has 1 aromatic heterocycles. The molecule has 8 heteroatoms. The van der Waals surface area contributed by atoms with Gasteiger partial charge in [-0.1, -0.05) is 36.4 Å². The molecular weight excluding hydrogens is 393 g/mol. The van der Waals surface area contributed by atoms with E-state index in [1.165, 1.54) is 12.1 Å². The molecule has 0 saturated heterocycles. The number of nitrogens with one attached hydrogen (secondary N) is 1. The number of nitrogens with zero attached hydrogens (tertiary/aromatic N) is 2. The summed E-state index contributed by atoms with van der Waals surface area (Å²) < 4.78 is 38.3. The van der Waals surface area contributed by atoms with Gasteiger partial charge in [0.05, 0.1) is 5.56 Å². The number of benzene rings is 3. The molecule has 3 aromatic carbocycles. The second-order valence-electron chi connectivity index (χ2n) is 6.58. The van der Waals surface area contributed by atoms with Crippen LogP contribution in [0.4, 0.5) is 24.7 Å². The van der Waals surface area contributed by atoms with E-state index >= 15 is 0 Å². The lowest BCUT2D eigenvalue weighted by Gasteiger charge is -2.12. The largest absolute Gasteiger partial charge is 0.416 e. The third-order valence-corrected chi connectivity index (χ3v) is 4.61. The van der Waals surface area contributed by atoms with Crippen LogP contribution in [0, 0.1) is 0 Å². The van der Waals surface area contributed by atoms with E-state index in [9.17, 15) is 18.0 Å². The maximum absolute atomic E-state index is 12.8. The SMILES string of the molecule is NC(=O)c1ccc(-c2nnc(Nc3ccc(C(F)(F)F)cc3)c3ccccc23)cc1. The van der Waals surface area contributed by atoms with E-state index in [0.29, 0.717) is 22.8 Å². The van der Waals surface area contributed by atoms with Crippen LogP contribution in [0.2, 0.25) is 0 Å². The minimum atomic E-state index is -4.39. The van der Waals surface area contributed by atoms with Crippen molar-refractivity contribution in [3.8, 4) is 11.3 Å². The molecule has 0 aliphatic heterocycles. The van der Waals surface area contributed by atoms with Crippen LogP contribution in [-0.4, -0.2) is 16.1 Å². The Morgan fingerprint density at radius 2 is 1.47 bits per heavy atom. The van der Waals surface area contributed by atoms with Crippen LogP contribution >= 0.6 is 0 Å².